The Balaban J connectivity index is 3.00. The highest BCUT2D eigenvalue weighted by Crippen LogP contribution is 2.23. The third-order valence-electron chi connectivity index (χ3n) is 2.62. The van der Waals surface area contributed by atoms with E-state index >= 15 is 0 Å². The standard InChI is InChI=1S/C15H21BrClNO/c1-10(2)8-18(9-11(3)4)15(19)13-7-12(16)5-6-14(13)17/h5-7,10-11H,8-9H2,1-4H3. The van der Waals surface area contributed by atoms with Crippen molar-refractivity contribution >= 4 is 33.4 Å². The summed E-state index contributed by atoms with van der Waals surface area (Å²) in [5.41, 5.74) is 0.567. The van der Waals surface area contributed by atoms with Crippen molar-refractivity contribution in [3.8, 4) is 0 Å². The van der Waals surface area contributed by atoms with Crippen LogP contribution in [0.5, 0.6) is 0 Å². The second-order valence-electron chi connectivity index (χ2n) is 5.62. The lowest BCUT2D eigenvalue weighted by molar-refractivity contribution is 0.0715. The molecule has 2 nitrogen and oxygen atoms in total. The number of amides is 1. The molecule has 0 saturated carbocycles. The molecule has 1 rings (SSSR count). The molecular weight excluding hydrogens is 326 g/mol. The van der Waals surface area contributed by atoms with Crippen molar-refractivity contribution in [2.45, 2.75) is 27.7 Å². The lowest BCUT2D eigenvalue weighted by atomic mass is 10.1. The highest BCUT2D eigenvalue weighted by atomic mass is 79.9. The van der Waals surface area contributed by atoms with E-state index in [9.17, 15) is 4.79 Å². The van der Waals surface area contributed by atoms with Crippen LogP contribution in [0.2, 0.25) is 5.02 Å². The van der Waals surface area contributed by atoms with Crippen molar-refractivity contribution < 1.29 is 4.79 Å². The summed E-state index contributed by atoms with van der Waals surface area (Å²) in [6, 6.07) is 5.38. The van der Waals surface area contributed by atoms with Gasteiger partial charge in [-0.3, -0.25) is 4.79 Å². The average molecular weight is 347 g/mol. The van der Waals surface area contributed by atoms with E-state index in [2.05, 4.69) is 43.6 Å². The number of halogens is 2. The lowest BCUT2D eigenvalue weighted by Crippen LogP contribution is -2.37. The molecule has 0 unspecified atom stereocenters. The van der Waals surface area contributed by atoms with Crippen LogP contribution >= 0.6 is 27.5 Å². The monoisotopic (exact) mass is 345 g/mol. The van der Waals surface area contributed by atoms with Crippen LogP contribution < -0.4 is 0 Å². The van der Waals surface area contributed by atoms with Gasteiger partial charge in [-0.25, -0.2) is 0 Å². The Morgan fingerprint density at radius 1 is 1.21 bits per heavy atom. The topological polar surface area (TPSA) is 20.3 Å². The molecule has 0 spiro atoms. The minimum atomic E-state index is 0.00806. The van der Waals surface area contributed by atoms with Crippen LogP contribution in [0.4, 0.5) is 0 Å². The van der Waals surface area contributed by atoms with Gasteiger partial charge >= 0.3 is 0 Å². The predicted molar refractivity (Wildman–Crippen MR) is 84.7 cm³/mol. The van der Waals surface area contributed by atoms with Crippen molar-refractivity contribution in [1.29, 1.82) is 0 Å². The SMILES string of the molecule is CC(C)CN(CC(C)C)C(=O)c1cc(Br)ccc1Cl. The molecule has 1 amide bonds. The molecule has 19 heavy (non-hydrogen) atoms. The largest absolute Gasteiger partial charge is 0.338 e. The second-order valence-corrected chi connectivity index (χ2v) is 6.94. The molecule has 0 aliphatic rings. The van der Waals surface area contributed by atoms with Gasteiger partial charge in [0.2, 0.25) is 0 Å². The molecule has 4 heteroatoms. The van der Waals surface area contributed by atoms with E-state index in [1.807, 2.05) is 11.0 Å². The number of benzene rings is 1. The smallest absolute Gasteiger partial charge is 0.255 e. The van der Waals surface area contributed by atoms with E-state index in [-0.39, 0.29) is 5.91 Å². The van der Waals surface area contributed by atoms with Crippen LogP contribution in [0.1, 0.15) is 38.1 Å². The molecule has 0 atom stereocenters. The van der Waals surface area contributed by atoms with Crippen LogP contribution in [0, 0.1) is 11.8 Å². The van der Waals surface area contributed by atoms with Crippen molar-refractivity contribution in [3.05, 3.63) is 33.3 Å². The zero-order valence-corrected chi connectivity index (χ0v) is 14.3. The van der Waals surface area contributed by atoms with Gasteiger partial charge < -0.3 is 4.90 Å². The van der Waals surface area contributed by atoms with Crippen LogP contribution in [0.25, 0.3) is 0 Å². The van der Waals surface area contributed by atoms with Gasteiger partial charge in [-0.05, 0) is 30.0 Å². The van der Waals surface area contributed by atoms with Gasteiger partial charge in [0, 0.05) is 17.6 Å². The molecule has 0 aliphatic heterocycles. The van der Waals surface area contributed by atoms with Crippen LogP contribution in [0.3, 0.4) is 0 Å². The van der Waals surface area contributed by atoms with Crippen molar-refractivity contribution in [1.82, 2.24) is 4.90 Å². The molecule has 0 saturated heterocycles. The molecule has 0 heterocycles. The van der Waals surface area contributed by atoms with Crippen LogP contribution in [0.15, 0.2) is 22.7 Å². The first-order valence-corrected chi connectivity index (χ1v) is 7.72. The highest BCUT2D eigenvalue weighted by molar-refractivity contribution is 9.10. The Bertz CT molecular complexity index is 436. The Labute approximate surface area is 129 Å². The first kappa shape index (κ1) is 16.5. The number of hydrogen-bond donors (Lipinski definition) is 0. The van der Waals surface area contributed by atoms with E-state index in [0.717, 1.165) is 17.6 Å². The zero-order valence-electron chi connectivity index (χ0n) is 11.9. The maximum Gasteiger partial charge on any atom is 0.255 e. The number of carbonyl (C=O) groups is 1. The number of carbonyl (C=O) groups excluding carboxylic acids is 1. The summed E-state index contributed by atoms with van der Waals surface area (Å²) in [4.78, 5) is 14.5. The summed E-state index contributed by atoms with van der Waals surface area (Å²) in [5, 5.41) is 0.505. The van der Waals surface area contributed by atoms with Crippen molar-refractivity contribution in [2.24, 2.45) is 11.8 Å². The molecule has 0 aromatic heterocycles. The fourth-order valence-corrected chi connectivity index (χ4v) is 2.51. The quantitative estimate of drug-likeness (QED) is 0.746. The van der Waals surface area contributed by atoms with Crippen LogP contribution in [-0.2, 0) is 0 Å². The molecule has 1 aromatic rings. The van der Waals surface area contributed by atoms with Crippen molar-refractivity contribution in [2.75, 3.05) is 13.1 Å². The summed E-state index contributed by atoms with van der Waals surface area (Å²) >= 11 is 9.53. The van der Waals surface area contributed by atoms with Gasteiger partial charge in [0.25, 0.3) is 5.91 Å². The number of rotatable bonds is 5. The molecule has 0 N–H and O–H groups in total. The van der Waals surface area contributed by atoms with E-state index in [1.54, 1.807) is 12.1 Å². The van der Waals surface area contributed by atoms with Crippen LogP contribution in [-0.4, -0.2) is 23.9 Å². The molecule has 0 radical (unpaired) electrons. The maximum atomic E-state index is 12.6. The molecule has 0 bridgehead atoms. The van der Waals surface area contributed by atoms with Gasteiger partial charge in [0.1, 0.15) is 0 Å². The Hall–Kier alpha value is -0.540. The summed E-state index contributed by atoms with van der Waals surface area (Å²) in [5.74, 6) is 0.885. The number of nitrogens with zero attached hydrogens (tertiary/aromatic N) is 1. The normalized spacial score (nSPS) is 11.2. The van der Waals surface area contributed by atoms with Gasteiger partial charge in [-0.1, -0.05) is 55.2 Å². The fraction of sp³-hybridized carbons (Fsp3) is 0.533. The Morgan fingerprint density at radius 3 is 2.21 bits per heavy atom. The predicted octanol–water partition coefficient (Wildman–Crippen LogP) is 4.86. The van der Waals surface area contributed by atoms with Gasteiger partial charge in [-0.15, -0.1) is 0 Å². The van der Waals surface area contributed by atoms with E-state index in [4.69, 9.17) is 11.6 Å². The van der Waals surface area contributed by atoms with E-state index < -0.39 is 0 Å². The molecule has 1 aromatic carbocycles. The van der Waals surface area contributed by atoms with Gasteiger partial charge in [-0.2, -0.15) is 0 Å². The minimum Gasteiger partial charge on any atom is -0.338 e. The first-order chi connectivity index (χ1) is 8.81. The fourth-order valence-electron chi connectivity index (χ4n) is 1.95. The molecule has 0 fully saturated rings. The summed E-state index contributed by atoms with van der Waals surface area (Å²) < 4.78 is 0.870. The Kier molecular flexibility index (Phi) is 6.34. The van der Waals surface area contributed by atoms with Crippen molar-refractivity contribution in [3.63, 3.8) is 0 Å². The minimum absolute atomic E-state index is 0.00806. The molecule has 106 valence electrons. The lowest BCUT2D eigenvalue weighted by Gasteiger charge is -2.27. The second kappa shape index (κ2) is 7.30. The maximum absolute atomic E-state index is 12.6. The van der Waals surface area contributed by atoms with Gasteiger partial charge in [0.05, 0.1) is 10.6 Å². The molecule has 0 aliphatic carbocycles. The zero-order chi connectivity index (χ0) is 14.6. The summed E-state index contributed by atoms with van der Waals surface area (Å²) in [7, 11) is 0. The number of hydrogen-bond acceptors (Lipinski definition) is 1. The van der Waals surface area contributed by atoms with E-state index in [0.29, 0.717) is 22.4 Å². The van der Waals surface area contributed by atoms with E-state index in [1.165, 1.54) is 0 Å². The third kappa shape index (κ3) is 5.15. The van der Waals surface area contributed by atoms with Gasteiger partial charge in [0.15, 0.2) is 0 Å². The average Bonchev–Trinajstić information content (AvgIpc) is 2.29. The third-order valence-corrected chi connectivity index (χ3v) is 3.44. The summed E-state index contributed by atoms with van der Waals surface area (Å²) in [6.45, 7) is 9.96. The highest BCUT2D eigenvalue weighted by Gasteiger charge is 2.20. The molecular formula is C15H21BrClNO. The summed E-state index contributed by atoms with van der Waals surface area (Å²) in [6.07, 6.45) is 0. The Morgan fingerprint density at radius 2 is 1.74 bits per heavy atom. The first-order valence-electron chi connectivity index (χ1n) is 6.55.